The number of nitrogens with zero attached hydrogens (tertiary/aromatic N) is 4. The van der Waals surface area contributed by atoms with Crippen LogP contribution in [0.25, 0.3) is 11.4 Å². The van der Waals surface area contributed by atoms with Gasteiger partial charge in [0.1, 0.15) is 0 Å². The van der Waals surface area contributed by atoms with Crippen molar-refractivity contribution in [3.05, 3.63) is 51.2 Å². The SMILES string of the molecule is Cc1cc(Br)c(NC(=O)CSc2nnc(-c3ccncc3)n2N)c(Br)c1. The minimum absolute atomic E-state index is 0.151. The third kappa shape index (κ3) is 4.25. The first-order chi connectivity index (χ1) is 12.5. The van der Waals surface area contributed by atoms with E-state index in [0.717, 1.165) is 20.1 Å². The molecule has 0 unspecified atom stereocenters. The zero-order valence-electron chi connectivity index (χ0n) is 13.6. The maximum absolute atomic E-state index is 12.3. The number of rotatable bonds is 5. The molecule has 3 N–H and O–H groups in total. The van der Waals surface area contributed by atoms with Crippen molar-refractivity contribution in [1.29, 1.82) is 0 Å². The summed E-state index contributed by atoms with van der Waals surface area (Å²) in [5.74, 6) is 6.53. The number of nitrogens with two attached hydrogens (primary N) is 1. The number of benzene rings is 1. The Morgan fingerprint density at radius 1 is 1.23 bits per heavy atom. The second-order valence-corrected chi connectivity index (χ2v) is 8.00. The van der Waals surface area contributed by atoms with Crippen LogP contribution in [-0.4, -0.2) is 31.5 Å². The minimum Gasteiger partial charge on any atom is -0.335 e. The number of aromatic nitrogens is 4. The van der Waals surface area contributed by atoms with Gasteiger partial charge >= 0.3 is 0 Å². The summed E-state index contributed by atoms with van der Waals surface area (Å²) in [6.07, 6.45) is 3.31. The summed E-state index contributed by atoms with van der Waals surface area (Å²) in [4.78, 5) is 16.2. The fourth-order valence-corrected chi connectivity index (χ4v) is 4.47. The van der Waals surface area contributed by atoms with Gasteiger partial charge in [0, 0.05) is 26.9 Å². The molecular weight excluding hydrogens is 484 g/mol. The van der Waals surface area contributed by atoms with Crippen LogP contribution in [0.1, 0.15) is 5.56 Å². The van der Waals surface area contributed by atoms with Gasteiger partial charge in [0.15, 0.2) is 5.82 Å². The summed E-state index contributed by atoms with van der Waals surface area (Å²) in [6.45, 7) is 1.98. The second-order valence-electron chi connectivity index (χ2n) is 5.35. The monoisotopic (exact) mass is 496 g/mol. The summed E-state index contributed by atoms with van der Waals surface area (Å²) in [5, 5.41) is 11.5. The number of aryl methyl sites for hydroxylation is 1. The first-order valence-electron chi connectivity index (χ1n) is 7.45. The summed E-state index contributed by atoms with van der Waals surface area (Å²) in [5.41, 5.74) is 2.57. The molecule has 0 aliphatic heterocycles. The summed E-state index contributed by atoms with van der Waals surface area (Å²) in [7, 11) is 0. The van der Waals surface area contributed by atoms with Crippen LogP contribution < -0.4 is 11.2 Å². The van der Waals surface area contributed by atoms with Gasteiger partial charge in [0.2, 0.25) is 11.1 Å². The Hall–Kier alpha value is -1.91. The van der Waals surface area contributed by atoms with Gasteiger partial charge in [-0.3, -0.25) is 9.78 Å². The molecule has 7 nitrogen and oxygen atoms in total. The number of amides is 1. The van der Waals surface area contributed by atoms with Crippen LogP contribution in [0.4, 0.5) is 5.69 Å². The molecule has 0 fully saturated rings. The largest absolute Gasteiger partial charge is 0.335 e. The minimum atomic E-state index is -0.172. The third-order valence-electron chi connectivity index (χ3n) is 3.39. The van der Waals surface area contributed by atoms with E-state index in [-0.39, 0.29) is 11.7 Å². The van der Waals surface area contributed by atoms with Crippen molar-refractivity contribution in [1.82, 2.24) is 19.9 Å². The van der Waals surface area contributed by atoms with Gasteiger partial charge in [-0.1, -0.05) is 11.8 Å². The predicted molar refractivity (Wildman–Crippen MR) is 109 cm³/mol. The van der Waals surface area contributed by atoms with Gasteiger partial charge in [0.25, 0.3) is 0 Å². The molecule has 0 aliphatic rings. The maximum atomic E-state index is 12.3. The fourth-order valence-electron chi connectivity index (χ4n) is 2.20. The van der Waals surface area contributed by atoms with E-state index in [1.807, 2.05) is 19.1 Å². The molecule has 2 aromatic heterocycles. The van der Waals surface area contributed by atoms with Gasteiger partial charge in [0.05, 0.1) is 11.4 Å². The van der Waals surface area contributed by atoms with E-state index in [1.165, 1.54) is 16.4 Å². The van der Waals surface area contributed by atoms with Gasteiger partial charge < -0.3 is 11.2 Å². The van der Waals surface area contributed by atoms with Crippen molar-refractivity contribution < 1.29 is 4.79 Å². The molecule has 0 saturated heterocycles. The number of halogens is 2. The highest BCUT2D eigenvalue weighted by atomic mass is 79.9. The van der Waals surface area contributed by atoms with Crippen molar-refractivity contribution in [2.24, 2.45) is 0 Å². The Labute approximate surface area is 171 Å². The van der Waals surface area contributed by atoms with E-state index in [9.17, 15) is 4.79 Å². The highest BCUT2D eigenvalue weighted by Gasteiger charge is 2.15. The highest BCUT2D eigenvalue weighted by molar-refractivity contribution is 9.11. The van der Waals surface area contributed by atoms with Crippen LogP contribution in [0, 0.1) is 6.92 Å². The predicted octanol–water partition coefficient (Wildman–Crippen LogP) is 3.62. The van der Waals surface area contributed by atoms with E-state index in [0.29, 0.717) is 16.7 Å². The molecule has 1 aromatic carbocycles. The van der Waals surface area contributed by atoms with Crippen molar-refractivity contribution >= 4 is 55.2 Å². The number of hydrogen-bond acceptors (Lipinski definition) is 6. The van der Waals surface area contributed by atoms with Crippen molar-refractivity contribution in [2.45, 2.75) is 12.1 Å². The Bertz CT molecular complexity index is 924. The van der Waals surface area contributed by atoms with E-state index in [4.69, 9.17) is 5.84 Å². The average Bonchev–Trinajstić information content (AvgIpc) is 2.98. The first kappa shape index (κ1) is 18.9. The Kier molecular flexibility index (Phi) is 5.94. The lowest BCUT2D eigenvalue weighted by Gasteiger charge is -2.10. The van der Waals surface area contributed by atoms with E-state index < -0.39 is 0 Å². The standard InChI is InChI=1S/C16H14Br2N6OS/c1-9-6-11(17)14(12(18)7-9)21-13(25)8-26-16-23-22-15(24(16)19)10-2-4-20-5-3-10/h2-7H,8,19H2,1H3,(H,21,25). The number of pyridine rings is 1. The fraction of sp³-hybridized carbons (Fsp3) is 0.125. The smallest absolute Gasteiger partial charge is 0.234 e. The molecule has 3 aromatic rings. The molecule has 0 radical (unpaired) electrons. The summed E-state index contributed by atoms with van der Waals surface area (Å²) < 4.78 is 2.99. The lowest BCUT2D eigenvalue weighted by molar-refractivity contribution is -0.113. The average molecular weight is 498 g/mol. The number of nitrogen functional groups attached to an aromatic ring is 1. The highest BCUT2D eigenvalue weighted by Crippen LogP contribution is 2.32. The summed E-state index contributed by atoms with van der Waals surface area (Å²) >= 11 is 8.13. The molecule has 0 atom stereocenters. The van der Waals surface area contributed by atoms with Crippen LogP contribution in [0.3, 0.4) is 0 Å². The first-order valence-corrected chi connectivity index (χ1v) is 10.0. The van der Waals surface area contributed by atoms with Crippen molar-refractivity contribution in [3.63, 3.8) is 0 Å². The molecule has 2 heterocycles. The molecule has 0 saturated carbocycles. The zero-order chi connectivity index (χ0) is 18.7. The number of anilines is 1. The van der Waals surface area contributed by atoms with Crippen LogP contribution in [0.15, 0.2) is 50.8 Å². The van der Waals surface area contributed by atoms with Crippen LogP contribution in [0.2, 0.25) is 0 Å². The molecule has 0 bridgehead atoms. The van der Waals surface area contributed by atoms with E-state index in [1.54, 1.807) is 24.5 Å². The zero-order valence-corrected chi connectivity index (χ0v) is 17.6. The molecule has 10 heteroatoms. The topological polar surface area (TPSA) is 98.7 Å². The van der Waals surface area contributed by atoms with Crippen molar-refractivity contribution in [3.8, 4) is 11.4 Å². The lowest BCUT2D eigenvalue weighted by Crippen LogP contribution is -2.17. The van der Waals surface area contributed by atoms with Crippen molar-refractivity contribution in [2.75, 3.05) is 16.9 Å². The number of carbonyl (C=O) groups excluding carboxylic acids is 1. The second kappa shape index (κ2) is 8.19. The number of nitrogens with one attached hydrogen (secondary N) is 1. The Morgan fingerprint density at radius 3 is 2.54 bits per heavy atom. The van der Waals surface area contributed by atoms with Crippen LogP contribution in [-0.2, 0) is 4.79 Å². The number of hydrogen-bond donors (Lipinski definition) is 2. The molecular formula is C16H14Br2N6OS. The molecule has 26 heavy (non-hydrogen) atoms. The lowest BCUT2D eigenvalue weighted by atomic mass is 10.2. The van der Waals surface area contributed by atoms with Gasteiger partial charge in [-0.05, 0) is 68.6 Å². The normalized spacial score (nSPS) is 10.7. The number of carbonyl (C=O) groups is 1. The maximum Gasteiger partial charge on any atom is 0.234 e. The molecule has 0 spiro atoms. The van der Waals surface area contributed by atoms with Crippen LogP contribution in [0.5, 0.6) is 0 Å². The third-order valence-corrected chi connectivity index (χ3v) is 5.58. The van der Waals surface area contributed by atoms with Gasteiger partial charge in [-0.25, -0.2) is 4.68 Å². The molecule has 134 valence electrons. The molecule has 3 rings (SSSR count). The molecule has 0 aliphatic carbocycles. The molecule has 1 amide bonds. The Morgan fingerprint density at radius 2 is 1.88 bits per heavy atom. The number of thioether (sulfide) groups is 1. The van der Waals surface area contributed by atoms with E-state index >= 15 is 0 Å². The van der Waals surface area contributed by atoms with E-state index in [2.05, 4.69) is 52.4 Å². The Balaban J connectivity index is 1.67. The quantitative estimate of drug-likeness (QED) is 0.412. The van der Waals surface area contributed by atoms with Gasteiger partial charge in [-0.15, -0.1) is 10.2 Å². The summed E-state index contributed by atoms with van der Waals surface area (Å²) in [6, 6.07) is 7.46. The van der Waals surface area contributed by atoms with Gasteiger partial charge in [-0.2, -0.15) is 0 Å². The van der Waals surface area contributed by atoms with Crippen LogP contribution >= 0.6 is 43.6 Å².